The number of nitrogens with zero attached hydrogens (tertiary/aromatic N) is 2. The van der Waals surface area contributed by atoms with E-state index in [0.717, 1.165) is 55.2 Å². The number of carbonyl (C=O) groups is 2. The highest BCUT2D eigenvalue weighted by Gasteiger charge is 2.46. The first-order valence-electron chi connectivity index (χ1n) is 24.3. The SMILES string of the molecule is CC/C=C\C/C=C\CC(O)/C=C/C=C\C/C=C\CCCC(=O)O[C@H](COC(=O)CCCCCCCCCCCCC(C)C)COP(=O)(O)OP(=O)(O)OC[C@H]1O[C@@H](n2ccc(N)nc2=O)[C@H](O)[C@@H]1O. The fourth-order valence-corrected chi connectivity index (χ4v) is 8.96. The molecule has 0 bridgehead atoms. The van der Waals surface area contributed by atoms with E-state index in [-0.39, 0.29) is 18.7 Å². The molecule has 1 aliphatic heterocycles. The minimum absolute atomic E-state index is 0.0617. The molecule has 1 aromatic heterocycles. The van der Waals surface area contributed by atoms with Crippen LogP contribution in [0.15, 0.2) is 77.8 Å². The molecule has 1 saturated heterocycles. The monoisotopic (exact) mass is 1020 g/mol. The van der Waals surface area contributed by atoms with Gasteiger partial charge in [-0.3, -0.25) is 23.2 Å². The van der Waals surface area contributed by atoms with E-state index in [1.54, 1.807) is 12.2 Å². The summed E-state index contributed by atoms with van der Waals surface area (Å²) in [6.45, 7) is 4.17. The summed E-state index contributed by atoms with van der Waals surface area (Å²) in [6, 6.07) is 1.24. The maximum Gasteiger partial charge on any atom is 0.481 e. The van der Waals surface area contributed by atoms with Gasteiger partial charge in [-0.15, -0.1) is 0 Å². The Balaban J connectivity index is 1.86. The molecule has 21 heteroatoms. The van der Waals surface area contributed by atoms with Crippen LogP contribution >= 0.6 is 15.6 Å². The molecule has 0 radical (unpaired) electrons. The number of phosphoric ester groups is 2. The third kappa shape index (κ3) is 29.4. The highest BCUT2D eigenvalue weighted by Crippen LogP contribution is 2.60. The number of anilines is 1. The largest absolute Gasteiger partial charge is 0.481 e. The number of rotatable bonds is 38. The molecule has 3 unspecified atom stereocenters. The number of aliphatic hydroxyl groups is 3. The third-order valence-corrected chi connectivity index (χ3v) is 13.2. The van der Waals surface area contributed by atoms with Gasteiger partial charge in [0, 0.05) is 19.0 Å². The van der Waals surface area contributed by atoms with E-state index in [4.69, 9.17) is 29.0 Å². The van der Waals surface area contributed by atoms with Crippen LogP contribution in [0.1, 0.15) is 149 Å². The van der Waals surface area contributed by atoms with Crippen molar-refractivity contribution in [3.8, 4) is 0 Å². The van der Waals surface area contributed by atoms with Crippen LogP contribution in [-0.4, -0.2) is 96.9 Å². The number of carbonyl (C=O) groups excluding carboxylic acids is 2. The highest BCUT2D eigenvalue weighted by atomic mass is 31.3. The van der Waals surface area contributed by atoms with Gasteiger partial charge < -0.3 is 45.1 Å². The van der Waals surface area contributed by atoms with E-state index in [1.807, 2.05) is 36.5 Å². The predicted octanol–water partition coefficient (Wildman–Crippen LogP) is 8.38. The number of esters is 2. The summed E-state index contributed by atoms with van der Waals surface area (Å²) < 4.78 is 56.6. The molecule has 19 nitrogen and oxygen atoms in total. The lowest BCUT2D eigenvalue weighted by Gasteiger charge is -2.21. The second-order valence-electron chi connectivity index (χ2n) is 17.3. The number of nitrogen functional groups attached to an aromatic ring is 1. The minimum Gasteiger partial charge on any atom is -0.462 e. The highest BCUT2D eigenvalue weighted by molar-refractivity contribution is 7.61. The molecular formula is C48H79N3O16P2. The molecule has 2 rings (SSSR count). The van der Waals surface area contributed by atoms with Crippen LogP contribution in [0, 0.1) is 5.92 Å². The van der Waals surface area contributed by atoms with Gasteiger partial charge in [0.25, 0.3) is 0 Å². The summed E-state index contributed by atoms with van der Waals surface area (Å²) in [5.74, 6) is -0.670. The predicted molar refractivity (Wildman–Crippen MR) is 262 cm³/mol. The van der Waals surface area contributed by atoms with Crippen LogP contribution in [-0.2, 0) is 46.3 Å². The van der Waals surface area contributed by atoms with Crippen LogP contribution in [0.25, 0.3) is 0 Å². The van der Waals surface area contributed by atoms with Gasteiger partial charge in [0.2, 0.25) is 0 Å². The number of ether oxygens (including phenoxy) is 3. The smallest absolute Gasteiger partial charge is 0.462 e. The van der Waals surface area contributed by atoms with E-state index in [2.05, 4.69) is 42.2 Å². The molecule has 7 N–H and O–H groups in total. The molecule has 1 aliphatic rings. The fourth-order valence-electron chi connectivity index (χ4n) is 6.85. The van der Waals surface area contributed by atoms with Crippen LogP contribution in [0.2, 0.25) is 0 Å². The Hall–Kier alpha value is -3.58. The van der Waals surface area contributed by atoms with Gasteiger partial charge in [0.1, 0.15) is 30.7 Å². The van der Waals surface area contributed by atoms with Crippen molar-refractivity contribution >= 4 is 33.4 Å². The first-order valence-corrected chi connectivity index (χ1v) is 27.3. The minimum atomic E-state index is -5.45. The number of aliphatic hydroxyl groups excluding tert-OH is 3. The zero-order chi connectivity index (χ0) is 50.9. The zero-order valence-electron chi connectivity index (χ0n) is 40.6. The van der Waals surface area contributed by atoms with Crippen molar-refractivity contribution in [1.82, 2.24) is 9.55 Å². The van der Waals surface area contributed by atoms with Gasteiger partial charge in [0.05, 0.1) is 19.3 Å². The van der Waals surface area contributed by atoms with Crippen molar-refractivity contribution in [2.24, 2.45) is 5.92 Å². The summed E-state index contributed by atoms with van der Waals surface area (Å²) >= 11 is 0. The molecular weight excluding hydrogens is 936 g/mol. The molecule has 69 heavy (non-hydrogen) atoms. The van der Waals surface area contributed by atoms with Crippen molar-refractivity contribution in [3.63, 3.8) is 0 Å². The van der Waals surface area contributed by atoms with E-state index in [9.17, 15) is 48.6 Å². The Morgan fingerprint density at radius 3 is 2.12 bits per heavy atom. The molecule has 2 heterocycles. The Bertz CT molecular complexity index is 1920. The number of hydrogen-bond acceptors (Lipinski definition) is 16. The second kappa shape index (κ2) is 35.5. The first-order chi connectivity index (χ1) is 32.9. The number of phosphoric acid groups is 2. The normalized spacial score (nSPS) is 20.4. The van der Waals surface area contributed by atoms with Gasteiger partial charge in [-0.1, -0.05) is 146 Å². The lowest BCUT2D eigenvalue weighted by molar-refractivity contribution is -0.161. The number of aromatic nitrogens is 2. The summed E-state index contributed by atoms with van der Waals surface area (Å²) in [5, 5.41) is 30.9. The standard InChI is InChI=1S/C48H79N3O16P2/c1-4-5-6-7-19-24-29-39(52)30-25-20-15-12-13-17-22-27-32-44(54)65-40(35-62-43(53)31-26-21-16-11-9-8-10-14-18-23-28-38(2)3)36-63-68(58,59)67-69(60,61)64-37-41-45(55)46(56)47(66-41)51-34-33-42(49)50-48(51)57/h5-6,13,15,17,19-20,24-25,30,33-34,38-41,45-47,52,55-56H,4,7-12,14,16,18,21-23,26-29,31-32,35-37H2,1-3H3,(H,58,59)(H,60,61)(H2,49,50,57)/b6-5-,17-13-,20-15-,24-19-,30-25+/t39?,40-,41-,45-,46-,47-/m1/s1. The molecule has 0 aromatic carbocycles. The maximum atomic E-state index is 12.8. The average molecular weight is 1020 g/mol. The Kier molecular flexibility index (Phi) is 31.7. The van der Waals surface area contributed by atoms with E-state index >= 15 is 0 Å². The maximum absolute atomic E-state index is 12.8. The Labute approximate surface area is 407 Å². The van der Waals surface area contributed by atoms with Crippen LogP contribution in [0.5, 0.6) is 0 Å². The summed E-state index contributed by atoms with van der Waals surface area (Å²) in [7, 11) is -10.9. The molecule has 8 atom stereocenters. The number of unbranched alkanes of at least 4 members (excludes halogenated alkanes) is 10. The van der Waals surface area contributed by atoms with Gasteiger partial charge in [-0.25, -0.2) is 13.9 Å². The third-order valence-electron chi connectivity index (χ3n) is 10.6. The number of hydrogen-bond donors (Lipinski definition) is 6. The summed E-state index contributed by atoms with van der Waals surface area (Å²) in [4.78, 5) is 61.8. The van der Waals surface area contributed by atoms with Gasteiger partial charge >= 0.3 is 33.3 Å². The molecule has 0 spiro atoms. The first kappa shape index (κ1) is 61.5. The molecule has 1 fully saturated rings. The van der Waals surface area contributed by atoms with Gasteiger partial charge in [-0.05, 0) is 56.9 Å². The molecule has 0 amide bonds. The van der Waals surface area contributed by atoms with E-state index in [1.165, 1.54) is 44.6 Å². The number of allylic oxidation sites excluding steroid dienone is 8. The molecule has 0 saturated carbocycles. The van der Waals surface area contributed by atoms with Crippen molar-refractivity contribution in [1.29, 1.82) is 0 Å². The van der Waals surface area contributed by atoms with Crippen molar-refractivity contribution in [3.05, 3.63) is 83.5 Å². The fraction of sp³-hybridized carbons (Fsp3) is 0.667. The van der Waals surface area contributed by atoms with Gasteiger partial charge in [-0.2, -0.15) is 9.29 Å². The van der Waals surface area contributed by atoms with Gasteiger partial charge in [0.15, 0.2) is 12.3 Å². The Morgan fingerprint density at radius 2 is 1.43 bits per heavy atom. The van der Waals surface area contributed by atoms with E-state index in [0.29, 0.717) is 32.1 Å². The topological polar surface area (TPSA) is 286 Å². The zero-order valence-corrected chi connectivity index (χ0v) is 42.4. The summed E-state index contributed by atoms with van der Waals surface area (Å²) in [5.41, 5.74) is 4.57. The molecule has 0 aliphatic carbocycles. The number of nitrogens with two attached hydrogens (primary N) is 1. The van der Waals surface area contributed by atoms with Crippen molar-refractivity contribution < 1.29 is 71.4 Å². The second-order valence-corrected chi connectivity index (χ2v) is 20.3. The molecule has 392 valence electrons. The van der Waals surface area contributed by atoms with Crippen molar-refractivity contribution in [2.45, 2.75) is 180 Å². The molecule has 1 aromatic rings. The summed E-state index contributed by atoms with van der Waals surface area (Å²) in [6.07, 6.45) is 27.9. The van der Waals surface area contributed by atoms with Crippen LogP contribution in [0.3, 0.4) is 0 Å². The lowest BCUT2D eigenvalue weighted by Crippen LogP contribution is -2.36. The quantitative estimate of drug-likeness (QED) is 0.0119. The van der Waals surface area contributed by atoms with Crippen LogP contribution in [0.4, 0.5) is 5.82 Å². The van der Waals surface area contributed by atoms with Crippen LogP contribution < -0.4 is 11.4 Å². The Morgan fingerprint density at radius 1 is 0.812 bits per heavy atom. The van der Waals surface area contributed by atoms with Crippen molar-refractivity contribution in [2.75, 3.05) is 25.6 Å². The average Bonchev–Trinajstić information content (AvgIpc) is 3.57. The lowest BCUT2D eigenvalue weighted by atomic mass is 10.0. The van der Waals surface area contributed by atoms with E-state index < -0.39 is 89.8 Å².